The molecule has 100 valence electrons. The highest BCUT2D eigenvalue weighted by atomic mass is 35.5. The average molecular weight is 277 g/mol. The van der Waals surface area contributed by atoms with Crippen LogP contribution in [0.1, 0.15) is 24.2 Å². The van der Waals surface area contributed by atoms with Gasteiger partial charge >= 0.3 is 0 Å². The lowest BCUT2D eigenvalue weighted by molar-refractivity contribution is 0.0781. The lowest BCUT2D eigenvalue weighted by Gasteiger charge is -2.20. The molecule has 3 nitrogen and oxygen atoms in total. The second kappa shape index (κ2) is 5.57. The number of hydrogen-bond acceptors (Lipinski definition) is 2. The molecule has 0 spiro atoms. The number of nitrogens with zero attached hydrogens (tertiary/aromatic N) is 2. The van der Waals surface area contributed by atoms with E-state index < -0.39 is 0 Å². The molecule has 0 saturated carbocycles. The first kappa shape index (κ1) is 13.8. The van der Waals surface area contributed by atoms with Crippen LogP contribution in [0.15, 0.2) is 30.3 Å². The third-order valence-electron chi connectivity index (χ3n) is 2.90. The quantitative estimate of drug-likeness (QED) is 0.802. The molecule has 19 heavy (non-hydrogen) atoms. The second-order valence-corrected chi connectivity index (χ2v) is 5.48. The largest absolute Gasteiger partial charge is 0.341 e. The molecule has 0 aliphatic rings. The first-order valence-corrected chi connectivity index (χ1v) is 6.67. The van der Waals surface area contributed by atoms with Gasteiger partial charge in [-0.3, -0.25) is 4.79 Å². The van der Waals surface area contributed by atoms with E-state index in [1.165, 1.54) is 0 Å². The summed E-state index contributed by atoms with van der Waals surface area (Å²) >= 11 is 6.00. The van der Waals surface area contributed by atoms with Crippen LogP contribution < -0.4 is 0 Å². The Morgan fingerprint density at radius 3 is 2.74 bits per heavy atom. The molecule has 0 saturated heterocycles. The SMILES string of the molecule is CC(C)CN(C)C(=O)c1cc(Cl)nc2ccccc12. The molecule has 0 unspecified atom stereocenters. The molecule has 1 aromatic heterocycles. The fraction of sp³-hybridized carbons (Fsp3) is 0.333. The third-order valence-corrected chi connectivity index (χ3v) is 3.09. The van der Waals surface area contributed by atoms with E-state index >= 15 is 0 Å². The average Bonchev–Trinajstić information content (AvgIpc) is 2.36. The highest BCUT2D eigenvalue weighted by Gasteiger charge is 2.16. The molecular weight excluding hydrogens is 260 g/mol. The lowest BCUT2D eigenvalue weighted by atomic mass is 10.1. The Hall–Kier alpha value is -1.61. The fourth-order valence-corrected chi connectivity index (χ4v) is 2.36. The van der Waals surface area contributed by atoms with Gasteiger partial charge in [0, 0.05) is 19.0 Å². The van der Waals surface area contributed by atoms with E-state index in [-0.39, 0.29) is 5.91 Å². The van der Waals surface area contributed by atoms with E-state index in [1.807, 2.05) is 31.3 Å². The van der Waals surface area contributed by atoms with Crippen LogP contribution in [0, 0.1) is 5.92 Å². The summed E-state index contributed by atoms with van der Waals surface area (Å²) in [7, 11) is 1.81. The summed E-state index contributed by atoms with van der Waals surface area (Å²) in [6.45, 7) is 4.88. The Balaban J connectivity index is 2.47. The summed E-state index contributed by atoms with van der Waals surface area (Å²) in [5.74, 6) is 0.409. The van der Waals surface area contributed by atoms with Gasteiger partial charge in [-0.25, -0.2) is 4.98 Å². The zero-order valence-electron chi connectivity index (χ0n) is 11.4. The Morgan fingerprint density at radius 1 is 1.37 bits per heavy atom. The molecule has 0 atom stereocenters. The molecule has 0 aliphatic carbocycles. The van der Waals surface area contributed by atoms with Gasteiger partial charge in [0.05, 0.1) is 11.1 Å². The molecular formula is C15H17ClN2O. The van der Waals surface area contributed by atoms with Crippen LogP contribution in [0.3, 0.4) is 0 Å². The number of halogens is 1. The number of carbonyl (C=O) groups excluding carboxylic acids is 1. The summed E-state index contributed by atoms with van der Waals surface area (Å²) in [5.41, 5.74) is 1.36. The topological polar surface area (TPSA) is 33.2 Å². The van der Waals surface area contributed by atoms with Gasteiger partial charge in [-0.05, 0) is 18.1 Å². The van der Waals surface area contributed by atoms with Gasteiger partial charge < -0.3 is 4.90 Å². The van der Waals surface area contributed by atoms with Crippen LogP contribution in [-0.2, 0) is 0 Å². The van der Waals surface area contributed by atoms with Gasteiger partial charge in [0.1, 0.15) is 5.15 Å². The summed E-state index contributed by atoms with van der Waals surface area (Å²) in [4.78, 5) is 18.4. The monoisotopic (exact) mass is 276 g/mol. The molecule has 4 heteroatoms. The number of aromatic nitrogens is 1. The van der Waals surface area contributed by atoms with Gasteiger partial charge in [0.25, 0.3) is 5.91 Å². The minimum atomic E-state index is -0.0193. The van der Waals surface area contributed by atoms with E-state index in [1.54, 1.807) is 11.0 Å². The first-order chi connectivity index (χ1) is 8.99. The minimum Gasteiger partial charge on any atom is -0.341 e. The molecule has 0 radical (unpaired) electrons. The summed E-state index contributed by atoms with van der Waals surface area (Å²) in [6.07, 6.45) is 0. The maximum atomic E-state index is 12.5. The van der Waals surface area contributed by atoms with Crippen molar-refractivity contribution >= 4 is 28.4 Å². The van der Waals surface area contributed by atoms with Crippen LogP contribution in [0.25, 0.3) is 10.9 Å². The zero-order valence-corrected chi connectivity index (χ0v) is 12.1. The standard InChI is InChI=1S/C15H17ClN2O/c1-10(2)9-18(3)15(19)12-8-14(16)17-13-7-5-4-6-11(12)13/h4-8,10H,9H2,1-3H3. The number of amides is 1. The summed E-state index contributed by atoms with van der Waals surface area (Å²) in [6, 6.07) is 9.19. The van der Waals surface area contributed by atoms with E-state index in [9.17, 15) is 4.79 Å². The van der Waals surface area contributed by atoms with Crippen LogP contribution in [0.2, 0.25) is 5.15 Å². The number of fused-ring (bicyclic) bond motifs is 1. The molecule has 0 N–H and O–H groups in total. The summed E-state index contributed by atoms with van der Waals surface area (Å²) < 4.78 is 0. The van der Waals surface area contributed by atoms with E-state index in [0.29, 0.717) is 23.2 Å². The molecule has 2 aromatic rings. The Kier molecular flexibility index (Phi) is 4.05. The van der Waals surface area contributed by atoms with Crippen molar-refractivity contribution in [3.8, 4) is 0 Å². The van der Waals surface area contributed by atoms with Gasteiger partial charge in [-0.2, -0.15) is 0 Å². The third kappa shape index (κ3) is 3.04. The second-order valence-electron chi connectivity index (χ2n) is 5.09. The van der Waals surface area contributed by atoms with Gasteiger partial charge in [0.15, 0.2) is 0 Å². The fourth-order valence-electron chi connectivity index (χ4n) is 2.16. The molecule has 0 bridgehead atoms. The summed E-state index contributed by atoms with van der Waals surface area (Å²) in [5, 5.41) is 1.19. The number of pyridine rings is 1. The van der Waals surface area contributed by atoms with Crippen molar-refractivity contribution in [3.05, 3.63) is 41.0 Å². The molecule has 1 aromatic carbocycles. The smallest absolute Gasteiger partial charge is 0.254 e. The molecule has 0 aliphatic heterocycles. The molecule has 1 amide bonds. The van der Waals surface area contributed by atoms with E-state index in [4.69, 9.17) is 11.6 Å². The first-order valence-electron chi connectivity index (χ1n) is 6.30. The van der Waals surface area contributed by atoms with Crippen molar-refractivity contribution < 1.29 is 4.79 Å². The maximum Gasteiger partial charge on any atom is 0.254 e. The van der Waals surface area contributed by atoms with Crippen molar-refractivity contribution in [3.63, 3.8) is 0 Å². The molecule has 1 heterocycles. The number of carbonyl (C=O) groups is 1. The van der Waals surface area contributed by atoms with Crippen molar-refractivity contribution in [2.75, 3.05) is 13.6 Å². The van der Waals surface area contributed by atoms with Crippen LogP contribution >= 0.6 is 11.6 Å². The van der Waals surface area contributed by atoms with Crippen LogP contribution in [-0.4, -0.2) is 29.4 Å². The van der Waals surface area contributed by atoms with Gasteiger partial charge in [-0.15, -0.1) is 0 Å². The normalized spacial score (nSPS) is 11.0. The Bertz CT molecular complexity index is 610. The van der Waals surface area contributed by atoms with E-state index in [2.05, 4.69) is 18.8 Å². The van der Waals surface area contributed by atoms with Crippen molar-refractivity contribution in [1.82, 2.24) is 9.88 Å². The Morgan fingerprint density at radius 2 is 2.05 bits per heavy atom. The van der Waals surface area contributed by atoms with Crippen LogP contribution in [0.5, 0.6) is 0 Å². The Labute approximate surface area is 118 Å². The molecule has 0 fully saturated rings. The highest BCUT2D eigenvalue weighted by molar-refractivity contribution is 6.30. The minimum absolute atomic E-state index is 0.0193. The van der Waals surface area contributed by atoms with Crippen molar-refractivity contribution in [1.29, 1.82) is 0 Å². The number of hydrogen-bond donors (Lipinski definition) is 0. The van der Waals surface area contributed by atoms with Crippen LogP contribution in [0.4, 0.5) is 0 Å². The zero-order chi connectivity index (χ0) is 14.0. The van der Waals surface area contributed by atoms with Gasteiger partial charge in [0.2, 0.25) is 0 Å². The predicted molar refractivity (Wildman–Crippen MR) is 78.6 cm³/mol. The maximum absolute atomic E-state index is 12.5. The number of para-hydroxylation sites is 1. The molecule has 2 rings (SSSR count). The van der Waals surface area contributed by atoms with E-state index in [0.717, 1.165) is 10.9 Å². The van der Waals surface area contributed by atoms with Crippen molar-refractivity contribution in [2.45, 2.75) is 13.8 Å². The number of rotatable bonds is 3. The lowest BCUT2D eigenvalue weighted by Crippen LogP contribution is -2.30. The predicted octanol–water partition coefficient (Wildman–Crippen LogP) is 3.62. The van der Waals surface area contributed by atoms with Gasteiger partial charge in [-0.1, -0.05) is 43.6 Å². The van der Waals surface area contributed by atoms with Crippen molar-refractivity contribution in [2.24, 2.45) is 5.92 Å². The number of benzene rings is 1. The highest BCUT2D eigenvalue weighted by Crippen LogP contribution is 2.22.